The summed E-state index contributed by atoms with van der Waals surface area (Å²) in [5.74, 6) is 0. The maximum atomic E-state index is 12.0. The molecular weight excluding hydrogens is 200 g/mol. The van der Waals surface area contributed by atoms with Crippen molar-refractivity contribution in [3.8, 4) is 0 Å². The van der Waals surface area contributed by atoms with E-state index in [9.17, 15) is 4.80 Å². The Morgan fingerprint density at radius 3 is 1.07 bits per heavy atom. The molecule has 14 heavy (non-hydrogen) atoms. The van der Waals surface area contributed by atoms with Gasteiger partial charge in [-0.1, -0.05) is 0 Å². The van der Waals surface area contributed by atoms with Crippen molar-refractivity contribution in [1.29, 1.82) is 0 Å². The van der Waals surface area contributed by atoms with E-state index in [2.05, 4.69) is 0 Å². The summed E-state index contributed by atoms with van der Waals surface area (Å²) in [4.78, 5) is 12.0. The lowest BCUT2D eigenvalue weighted by Gasteiger charge is -2.26. The van der Waals surface area contributed by atoms with Crippen molar-refractivity contribution in [2.24, 2.45) is 0 Å². The highest BCUT2D eigenvalue weighted by molar-refractivity contribution is 6.51. The fourth-order valence-corrected chi connectivity index (χ4v) is 2.85. The predicted octanol–water partition coefficient (Wildman–Crippen LogP) is 2.13. The molecule has 5 heteroatoms. The second-order valence-corrected chi connectivity index (χ2v) is 5.71. The van der Waals surface area contributed by atoms with E-state index in [-0.39, 0.29) is 18.3 Å². The van der Waals surface area contributed by atoms with Crippen LogP contribution in [0.3, 0.4) is 0 Å². The maximum Gasteiger partial charge on any atom is 0.707 e. The van der Waals surface area contributed by atoms with E-state index in [4.69, 9.17) is 13.3 Å². The van der Waals surface area contributed by atoms with Crippen LogP contribution in [0.1, 0.15) is 41.5 Å². The topological polar surface area (TPSA) is 47.6 Å². The Morgan fingerprint density at radius 1 is 0.714 bits per heavy atom. The summed E-state index contributed by atoms with van der Waals surface area (Å²) in [5.41, 5.74) is 0. The molecule has 0 aromatic rings. The van der Waals surface area contributed by atoms with E-state index in [1.54, 1.807) is 41.5 Å². The van der Waals surface area contributed by atoms with Crippen molar-refractivity contribution in [2.45, 2.75) is 59.9 Å². The Kier molecular flexibility index (Phi) is 5.85. The number of hydrogen-bond donors (Lipinski definition) is 0. The van der Waals surface area contributed by atoms with Crippen LogP contribution >= 0.6 is 0 Å². The molecule has 0 aromatic heterocycles. The zero-order chi connectivity index (χ0) is 11.4. The normalized spacial score (nSPS) is 13.3. The Labute approximate surface area is 87.7 Å². The van der Waals surface area contributed by atoms with Crippen molar-refractivity contribution in [3.05, 3.63) is 0 Å². The van der Waals surface area contributed by atoms with Gasteiger partial charge in [0.05, 0.1) is 0 Å². The van der Waals surface area contributed by atoms with Gasteiger partial charge in [-0.15, -0.1) is 0 Å². The van der Waals surface area contributed by atoms with Crippen molar-refractivity contribution in [1.82, 2.24) is 0 Å². The summed E-state index contributed by atoms with van der Waals surface area (Å²) in [5, 5.41) is 0. The first-order chi connectivity index (χ1) is 6.25. The molecule has 1 radical (unpaired) electrons. The quantitative estimate of drug-likeness (QED) is 0.645. The third-order valence-electron chi connectivity index (χ3n) is 1.14. The van der Waals surface area contributed by atoms with E-state index in [1.807, 2.05) is 0 Å². The van der Waals surface area contributed by atoms with Gasteiger partial charge in [0.25, 0.3) is 0 Å². The molecule has 0 saturated heterocycles. The van der Waals surface area contributed by atoms with Crippen LogP contribution in [-0.2, 0) is 18.1 Å². The first-order valence-electron chi connectivity index (χ1n) is 4.99. The number of hydrogen-bond acceptors (Lipinski definition) is 3. The summed E-state index contributed by atoms with van der Waals surface area (Å²) in [6.45, 7) is 10.8. The van der Waals surface area contributed by atoms with Crippen LogP contribution in [0, 0.1) is 0 Å². The summed E-state index contributed by atoms with van der Waals surface area (Å²) >= 11 is 0. The van der Waals surface area contributed by atoms with Crippen LogP contribution < -0.4 is 0 Å². The average molecular weight is 221 g/mol. The third kappa shape index (κ3) is 6.50. The van der Waals surface area contributed by atoms with Crippen molar-refractivity contribution in [2.75, 3.05) is 0 Å². The Balaban J connectivity index is 4.32. The molecular formula is C9H21O4Si. The molecule has 0 aliphatic carbocycles. The van der Waals surface area contributed by atoms with Crippen LogP contribution in [0.15, 0.2) is 0 Å². The minimum absolute atomic E-state index is 0.170. The molecule has 0 heterocycles. The first kappa shape index (κ1) is 14.1. The molecule has 0 amide bonds. The zero-order valence-electron chi connectivity index (χ0n) is 9.87. The van der Waals surface area contributed by atoms with Crippen LogP contribution in [0.2, 0.25) is 0 Å². The molecule has 0 bridgehead atoms. The fourth-order valence-electron chi connectivity index (χ4n) is 0.949. The molecule has 0 spiro atoms. The van der Waals surface area contributed by atoms with Crippen molar-refractivity contribution < 1.29 is 18.1 Å². The van der Waals surface area contributed by atoms with Gasteiger partial charge in [-0.3, -0.25) is 0 Å². The largest absolute Gasteiger partial charge is 0.707 e. The van der Waals surface area contributed by atoms with Crippen LogP contribution in [0.25, 0.3) is 0 Å². The molecule has 0 rings (SSSR count). The zero-order valence-corrected chi connectivity index (χ0v) is 10.9. The van der Waals surface area contributed by atoms with E-state index in [0.717, 1.165) is 0 Å². The lowest BCUT2D eigenvalue weighted by atomic mass is 10.5. The lowest BCUT2D eigenvalue weighted by Crippen LogP contribution is -2.49. The minimum atomic E-state index is -3.69. The van der Waals surface area contributed by atoms with Crippen molar-refractivity contribution >= 4 is 9.05 Å². The second-order valence-electron chi connectivity index (χ2n) is 4.00. The lowest BCUT2D eigenvalue weighted by molar-refractivity contribution is -0.0708. The van der Waals surface area contributed by atoms with E-state index >= 15 is 0 Å². The maximum absolute atomic E-state index is 12.0. The highest BCUT2D eigenvalue weighted by Crippen LogP contribution is 2.14. The van der Waals surface area contributed by atoms with Gasteiger partial charge >= 0.3 is 9.05 Å². The van der Waals surface area contributed by atoms with Crippen molar-refractivity contribution in [3.63, 3.8) is 0 Å². The van der Waals surface area contributed by atoms with E-state index < -0.39 is 9.05 Å². The van der Waals surface area contributed by atoms with Gasteiger partial charge in [-0.05, 0) is 41.5 Å². The summed E-state index contributed by atoms with van der Waals surface area (Å²) < 4.78 is 15.6. The summed E-state index contributed by atoms with van der Waals surface area (Å²) in [7, 11) is -3.69. The van der Waals surface area contributed by atoms with Gasteiger partial charge in [0, 0.05) is 18.3 Å². The standard InChI is InChI=1S/C9H21O4Si/c1-7(2)11-14(10,12-8(3)4)13-9(5)6/h7-9H,1-6H3. The van der Waals surface area contributed by atoms with E-state index in [0.29, 0.717) is 0 Å². The molecule has 0 unspecified atom stereocenters. The Bertz CT molecular complexity index is 132. The molecule has 0 atom stereocenters. The Morgan fingerprint density at radius 2 is 0.929 bits per heavy atom. The van der Waals surface area contributed by atoms with E-state index in [1.165, 1.54) is 0 Å². The second kappa shape index (κ2) is 5.82. The molecule has 0 aliphatic rings. The molecule has 0 N–H and O–H groups in total. The molecule has 0 aromatic carbocycles. The van der Waals surface area contributed by atoms with Gasteiger partial charge in [-0.2, -0.15) is 0 Å². The smallest absolute Gasteiger partial charge is 0.347 e. The highest BCUT2D eigenvalue weighted by atomic mass is 28.4. The van der Waals surface area contributed by atoms with Gasteiger partial charge in [-0.25, -0.2) is 4.80 Å². The first-order valence-corrected chi connectivity index (χ1v) is 6.62. The third-order valence-corrected chi connectivity index (χ3v) is 3.42. The SMILES string of the molecule is CC(C)O[Si]([O])(OC(C)C)OC(C)C. The van der Waals surface area contributed by atoms with Crippen LogP contribution in [0.5, 0.6) is 0 Å². The predicted molar refractivity (Wildman–Crippen MR) is 55.1 cm³/mol. The fraction of sp³-hybridized carbons (Fsp3) is 1.00. The molecule has 85 valence electrons. The number of rotatable bonds is 6. The monoisotopic (exact) mass is 221 g/mol. The molecule has 0 fully saturated rings. The Hall–Kier alpha value is 0.0569. The highest BCUT2D eigenvalue weighted by Gasteiger charge is 2.46. The minimum Gasteiger partial charge on any atom is -0.347 e. The van der Waals surface area contributed by atoms with Gasteiger partial charge in [0.1, 0.15) is 0 Å². The average Bonchev–Trinajstić information content (AvgIpc) is 1.76. The van der Waals surface area contributed by atoms with Crippen LogP contribution in [0.4, 0.5) is 0 Å². The van der Waals surface area contributed by atoms with Gasteiger partial charge in [0.15, 0.2) is 0 Å². The molecule has 4 nitrogen and oxygen atoms in total. The molecule has 0 saturated carbocycles. The summed E-state index contributed by atoms with van der Waals surface area (Å²) in [6.07, 6.45) is -0.509. The molecule has 0 aliphatic heterocycles. The van der Waals surface area contributed by atoms with Crippen LogP contribution in [-0.4, -0.2) is 27.4 Å². The summed E-state index contributed by atoms with van der Waals surface area (Å²) in [6, 6.07) is 0. The van der Waals surface area contributed by atoms with Gasteiger partial charge in [0.2, 0.25) is 0 Å². The van der Waals surface area contributed by atoms with Gasteiger partial charge < -0.3 is 13.3 Å².